The minimum atomic E-state index is -0.538. The molecule has 2 fully saturated rings. The van der Waals surface area contributed by atoms with Crippen LogP contribution < -0.4 is 11.1 Å². The van der Waals surface area contributed by atoms with Gasteiger partial charge in [-0.25, -0.2) is 9.37 Å². The van der Waals surface area contributed by atoms with Crippen LogP contribution in [-0.4, -0.2) is 23.8 Å². The van der Waals surface area contributed by atoms with E-state index in [1.54, 1.807) is 7.05 Å². The molecular weight excluding hydrogens is 329 g/mol. The average molecular weight is 355 g/mol. The fourth-order valence-electron chi connectivity index (χ4n) is 3.54. The predicted octanol–water partition coefficient (Wildman–Crippen LogP) is 4.01. The molecule has 0 radical (unpaired) electrons. The number of halogens is 1. The lowest BCUT2D eigenvalue weighted by molar-refractivity contribution is 0.461. The summed E-state index contributed by atoms with van der Waals surface area (Å²) in [4.78, 5) is 8.79. The molecule has 3 rings (SSSR count). The summed E-state index contributed by atoms with van der Waals surface area (Å²) in [7, 11) is 1.70. The Morgan fingerprint density at radius 1 is 1.38 bits per heavy atom. The van der Waals surface area contributed by atoms with Crippen molar-refractivity contribution in [1.29, 1.82) is 5.26 Å². The van der Waals surface area contributed by atoms with Gasteiger partial charge in [-0.3, -0.25) is 4.99 Å². The Hall–Kier alpha value is -2.42. The van der Waals surface area contributed by atoms with Crippen molar-refractivity contribution in [3.8, 4) is 6.07 Å². The number of hydrogen-bond donors (Lipinski definition) is 2. The van der Waals surface area contributed by atoms with Crippen LogP contribution in [0.3, 0.4) is 0 Å². The first-order valence-corrected chi connectivity index (χ1v) is 9.41. The van der Waals surface area contributed by atoms with Gasteiger partial charge in [-0.2, -0.15) is 5.26 Å². The van der Waals surface area contributed by atoms with Crippen LogP contribution in [0.5, 0.6) is 0 Å². The molecule has 1 aromatic heterocycles. The Morgan fingerprint density at radius 2 is 2.12 bits per heavy atom. The van der Waals surface area contributed by atoms with Crippen LogP contribution >= 0.6 is 0 Å². The van der Waals surface area contributed by atoms with Crippen molar-refractivity contribution in [2.24, 2.45) is 16.6 Å². The molecule has 0 saturated heterocycles. The van der Waals surface area contributed by atoms with Crippen LogP contribution in [0, 0.1) is 23.1 Å². The first-order chi connectivity index (χ1) is 12.7. The van der Waals surface area contributed by atoms with Gasteiger partial charge in [0.1, 0.15) is 17.6 Å². The third-order valence-corrected chi connectivity index (χ3v) is 5.22. The lowest BCUT2D eigenvalue weighted by atomic mass is 9.95. The van der Waals surface area contributed by atoms with Crippen LogP contribution in [0.25, 0.3) is 5.57 Å². The number of hydrogen-bond acceptors (Lipinski definition) is 5. The highest BCUT2D eigenvalue weighted by Gasteiger charge is 2.27. The second kappa shape index (κ2) is 8.31. The number of nitrogens with two attached hydrogens (primary N) is 1. The molecule has 0 aromatic carbocycles. The maximum Gasteiger partial charge on any atom is 0.151 e. The van der Waals surface area contributed by atoms with Crippen molar-refractivity contribution in [2.75, 3.05) is 12.4 Å². The van der Waals surface area contributed by atoms with E-state index < -0.39 is 5.82 Å². The molecule has 1 aromatic rings. The number of nitrogens with zero attached hydrogens (tertiary/aromatic N) is 3. The van der Waals surface area contributed by atoms with E-state index in [4.69, 9.17) is 5.73 Å². The topological polar surface area (TPSA) is 87.1 Å². The third-order valence-electron chi connectivity index (χ3n) is 5.22. The third kappa shape index (κ3) is 4.21. The molecule has 0 aliphatic heterocycles. The van der Waals surface area contributed by atoms with Crippen LogP contribution in [-0.2, 0) is 0 Å². The van der Waals surface area contributed by atoms with Gasteiger partial charge in [0.05, 0.1) is 5.56 Å². The SMILES string of the molecule is CN=C(CC1CC1)C(=CN)c1nc(NC2CCCCC2)c(C#N)cc1F. The average Bonchev–Trinajstić information content (AvgIpc) is 3.48. The van der Waals surface area contributed by atoms with Gasteiger partial charge in [0.15, 0.2) is 5.82 Å². The molecule has 0 unspecified atom stereocenters. The number of anilines is 1. The molecule has 138 valence electrons. The van der Waals surface area contributed by atoms with Gasteiger partial charge < -0.3 is 11.1 Å². The summed E-state index contributed by atoms with van der Waals surface area (Å²) in [6.07, 6.45) is 10.2. The van der Waals surface area contributed by atoms with Crippen molar-refractivity contribution in [1.82, 2.24) is 4.98 Å². The largest absolute Gasteiger partial charge is 0.404 e. The van der Waals surface area contributed by atoms with Crippen molar-refractivity contribution in [2.45, 2.75) is 57.4 Å². The van der Waals surface area contributed by atoms with E-state index in [1.807, 2.05) is 6.07 Å². The zero-order valence-corrected chi connectivity index (χ0v) is 15.3. The quantitative estimate of drug-likeness (QED) is 0.755. The van der Waals surface area contributed by atoms with Gasteiger partial charge in [-0.1, -0.05) is 19.3 Å². The van der Waals surface area contributed by atoms with Gasteiger partial charge in [0.2, 0.25) is 0 Å². The fraction of sp³-hybridized carbons (Fsp3) is 0.550. The molecule has 5 nitrogen and oxygen atoms in total. The highest BCUT2D eigenvalue weighted by atomic mass is 19.1. The molecule has 0 amide bonds. The summed E-state index contributed by atoms with van der Waals surface area (Å²) in [5, 5.41) is 12.7. The number of pyridine rings is 1. The van der Waals surface area contributed by atoms with Gasteiger partial charge >= 0.3 is 0 Å². The van der Waals surface area contributed by atoms with Gasteiger partial charge in [-0.05, 0) is 44.1 Å². The number of allylic oxidation sites excluding steroid dienone is 1. The molecule has 2 aliphatic carbocycles. The number of nitrogens with one attached hydrogen (secondary N) is 1. The van der Waals surface area contributed by atoms with Crippen LogP contribution in [0.2, 0.25) is 0 Å². The van der Waals surface area contributed by atoms with Crippen LogP contribution in [0.15, 0.2) is 17.3 Å². The number of nitriles is 1. The molecule has 0 spiro atoms. The Bertz CT molecular complexity index is 752. The monoisotopic (exact) mass is 355 g/mol. The molecule has 2 saturated carbocycles. The predicted molar refractivity (Wildman–Crippen MR) is 102 cm³/mol. The number of aliphatic imine (C=N–C) groups is 1. The molecule has 0 bridgehead atoms. The van der Waals surface area contributed by atoms with E-state index in [9.17, 15) is 9.65 Å². The second-order valence-corrected chi connectivity index (χ2v) is 7.20. The van der Waals surface area contributed by atoms with Crippen molar-refractivity contribution in [3.05, 3.63) is 29.3 Å². The Morgan fingerprint density at radius 3 is 2.69 bits per heavy atom. The standard InChI is InChI=1S/C20H26FN5/c1-24-18(9-13-7-8-13)16(12-23)19-17(21)10-14(11-22)20(26-19)25-15-5-3-2-4-6-15/h10,12-13,15H,2-9,23H2,1H3,(H,25,26). The fourth-order valence-corrected chi connectivity index (χ4v) is 3.54. The smallest absolute Gasteiger partial charge is 0.151 e. The molecular formula is C20H26FN5. The van der Waals surface area contributed by atoms with Gasteiger partial charge in [0.25, 0.3) is 0 Å². The van der Waals surface area contributed by atoms with Crippen LogP contribution in [0.1, 0.15) is 62.6 Å². The summed E-state index contributed by atoms with van der Waals surface area (Å²) in [5.74, 6) is 0.506. The van der Waals surface area contributed by atoms with Crippen molar-refractivity contribution >= 4 is 17.1 Å². The zero-order valence-electron chi connectivity index (χ0n) is 15.3. The summed E-state index contributed by atoms with van der Waals surface area (Å²) >= 11 is 0. The van der Waals surface area contributed by atoms with Crippen molar-refractivity contribution < 1.29 is 4.39 Å². The number of aromatic nitrogens is 1. The highest BCUT2D eigenvalue weighted by Crippen LogP contribution is 2.35. The lowest BCUT2D eigenvalue weighted by Gasteiger charge is -2.24. The summed E-state index contributed by atoms with van der Waals surface area (Å²) < 4.78 is 14.7. The Balaban J connectivity index is 1.92. The molecule has 1 heterocycles. The maximum absolute atomic E-state index is 14.7. The first-order valence-electron chi connectivity index (χ1n) is 9.41. The lowest BCUT2D eigenvalue weighted by Crippen LogP contribution is -2.24. The van der Waals surface area contributed by atoms with Gasteiger partial charge in [-0.15, -0.1) is 0 Å². The van der Waals surface area contributed by atoms with Gasteiger partial charge in [0, 0.05) is 30.6 Å². The second-order valence-electron chi connectivity index (χ2n) is 7.20. The summed E-state index contributed by atoms with van der Waals surface area (Å²) in [6.45, 7) is 0. The maximum atomic E-state index is 14.7. The number of rotatable bonds is 6. The van der Waals surface area contributed by atoms with E-state index in [0.29, 0.717) is 17.3 Å². The minimum Gasteiger partial charge on any atom is -0.404 e. The van der Waals surface area contributed by atoms with E-state index >= 15 is 0 Å². The van der Waals surface area contributed by atoms with E-state index in [1.165, 1.54) is 31.5 Å². The molecule has 0 atom stereocenters. The minimum absolute atomic E-state index is 0.172. The van der Waals surface area contributed by atoms with E-state index in [-0.39, 0.29) is 17.3 Å². The first kappa shape index (κ1) is 18.4. The van der Waals surface area contributed by atoms with E-state index in [2.05, 4.69) is 15.3 Å². The van der Waals surface area contributed by atoms with Crippen molar-refractivity contribution in [3.63, 3.8) is 0 Å². The molecule has 2 aliphatic rings. The highest BCUT2D eigenvalue weighted by molar-refractivity contribution is 6.23. The zero-order chi connectivity index (χ0) is 18.5. The van der Waals surface area contributed by atoms with Crippen LogP contribution in [0.4, 0.5) is 10.2 Å². The normalized spacial score (nSPS) is 19.3. The Kier molecular flexibility index (Phi) is 5.87. The van der Waals surface area contributed by atoms with E-state index in [0.717, 1.165) is 37.8 Å². The summed E-state index contributed by atoms with van der Waals surface area (Å²) in [5.41, 5.74) is 7.51. The molecule has 6 heteroatoms. The molecule has 3 N–H and O–H groups in total. The Labute approximate surface area is 154 Å². The summed E-state index contributed by atoms with van der Waals surface area (Å²) in [6, 6.07) is 3.58. The molecule has 26 heavy (non-hydrogen) atoms.